The van der Waals surface area contributed by atoms with Crippen molar-refractivity contribution in [3.8, 4) is 5.75 Å². The SMILES string of the molecule is Cc1cc(OCc2ccccc2C)ccc1C=O. The number of aldehydes is 1. The molecule has 0 atom stereocenters. The largest absolute Gasteiger partial charge is 0.489 e. The fourth-order valence-electron chi connectivity index (χ4n) is 1.80. The first-order valence-electron chi connectivity index (χ1n) is 5.94. The van der Waals surface area contributed by atoms with E-state index in [2.05, 4.69) is 19.1 Å². The molecule has 0 radical (unpaired) electrons. The van der Waals surface area contributed by atoms with E-state index in [0.29, 0.717) is 12.2 Å². The number of ether oxygens (including phenoxy) is 1. The fourth-order valence-corrected chi connectivity index (χ4v) is 1.80. The van der Waals surface area contributed by atoms with Gasteiger partial charge in [-0.1, -0.05) is 24.3 Å². The topological polar surface area (TPSA) is 26.3 Å². The number of benzene rings is 2. The molecule has 0 aliphatic heterocycles. The molecule has 2 rings (SSSR count). The van der Waals surface area contributed by atoms with Gasteiger partial charge in [0.1, 0.15) is 18.6 Å². The third kappa shape index (κ3) is 2.77. The van der Waals surface area contributed by atoms with Gasteiger partial charge in [0.25, 0.3) is 0 Å². The van der Waals surface area contributed by atoms with Crippen molar-refractivity contribution >= 4 is 6.29 Å². The lowest BCUT2D eigenvalue weighted by Crippen LogP contribution is -1.98. The minimum atomic E-state index is 0.548. The highest BCUT2D eigenvalue weighted by molar-refractivity contribution is 5.77. The molecule has 18 heavy (non-hydrogen) atoms. The van der Waals surface area contributed by atoms with Crippen LogP contribution < -0.4 is 4.74 Å². The zero-order valence-electron chi connectivity index (χ0n) is 10.6. The second kappa shape index (κ2) is 5.50. The molecule has 0 heterocycles. The fraction of sp³-hybridized carbons (Fsp3) is 0.188. The van der Waals surface area contributed by atoms with Crippen molar-refractivity contribution < 1.29 is 9.53 Å². The average molecular weight is 240 g/mol. The van der Waals surface area contributed by atoms with Gasteiger partial charge in [0.15, 0.2) is 0 Å². The first kappa shape index (κ1) is 12.4. The Kier molecular flexibility index (Phi) is 3.78. The van der Waals surface area contributed by atoms with Gasteiger partial charge in [-0.05, 0) is 48.7 Å². The summed E-state index contributed by atoms with van der Waals surface area (Å²) in [6, 6.07) is 13.7. The van der Waals surface area contributed by atoms with Crippen LogP contribution in [0.1, 0.15) is 27.0 Å². The average Bonchev–Trinajstić information content (AvgIpc) is 2.38. The molecule has 0 aliphatic rings. The molecule has 0 spiro atoms. The highest BCUT2D eigenvalue weighted by Gasteiger charge is 2.01. The zero-order chi connectivity index (χ0) is 13.0. The van der Waals surface area contributed by atoms with Crippen LogP contribution in [0.3, 0.4) is 0 Å². The second-order valence-electron chi connectivity index (χ2n) is 4.35. The zero-order valence-corrected chi connectivity index (χ0v) is 10.6. The highest BCUT2D eigenvalue weighted by Crippen LogP contribution is 2.18. The minimum absolute atomic E-state index is 0.548. The van der Waals surface area contributed by atoms with Crippen molar-refractivity contribution in [3.63, 3.8) is 0 Å². The van der Waals surface area contributed by atoms with Gasteiger partial charge in [0.05, 0.1) is 0 Å². The van der Waals surface area contributed by atoms with Crippen LogP contribution in [-0.4, -0.2) is 6.29 Å². The Bertz CT molecular complexity index is 559. The Hall–Kier alpha value is -2.09. The van der Waals surface area contributed by atoms with E-state index in [0.717, 1.165) is 17.6 Å². The molecule has 0 aromatic heterocycles. The second-order valence-corrected chi connectivity index (χ2v) is 4.35. The van der Waals surface area contributed by atoms with Crippen LogP contribution in [-0.2, 0) is 6.61 Å². The van der Waals surface area contributed by atoms with Crippen LogP contribution in [0.5, 0.6) is 5.75 Å². The van der Waals surface area contributed by atoms with Crippen molar-refractivity contribution in [2.24, 2.45) is 0 Å². The van der Waals surface area contributed by atoms with E-state index in [1.807, 2.05) is 31.2 Å². The summed E-state index contributed by atoms with van der Waals surface area (Å²) in [6.07, 6.45) is 0.862. The Labute approximate surface area is 107 Å². The number of hydrogen-bond acceptors (Lipinski definition) is 2. The summed E-state index contributed by atoms with van der Waals surface area (Å²) in [5.74, 6) is 0.793. The van der Waals surface area contributed by atoms with Crippen LogP contribution in [0.25, 0.3) is 0 Å². The van der Waals surface area contributed by atoms with Crippen molar-refractivity contribution in [1.29, 1.82) is 0 Å². The molecule has 2 aromatic carbocycles. The standard InChI is InChI=1S/C16H16O2/c1-12-5-3-4-6-15(12)11-18-16-8-7-14(10-17)13(2)9-16/h3-10H,11H2,1-2H3. The highest BCUT2D eigenvalue weighted by atomic mass is 16.5. The number of carbonyl (C=O) groups excluding carboxylic acids is 1. The van der Waals surface area contributed by atoms with E-state index in [-0.39, 0.29) is 0 Å². The van der Waals surface area contributed by atoms with Gasteiger partial charge < -0.3 is 4.74 Å². The lowest BCUT2D eigenvalue weighted by atomic mass is 10.1. The van der Waals surface area contributed by atoms with Gasteiger partial charge in [-0.2, -0.15) is 0 Å². The summed E-state index contributed by atoms with van der Waals surface area (Å²) in [6.45, 7) is 4.52. The van der Waals surface area contributed by atoms with Crippen LogP contribution >= 0.6 is 0 Å². The molecular formula is C16H16O2. The Balaban J connectivity index is 2.09. The van der Waals surface area contributed by atoms with Gasteiger partial charge in [0.2, 0.25) is 0 Å². The van der Waals surface area contributed by atoms with Gasteiger partial charge >= 0.3 is 0 Å². The molecule has 0 saturated carbocycles. The van der Waals surface area contributed by atoms with Crippen molar-refractivity contribution in [2.45, 2.75) is 20.5 Å². The van der Waals surface area contributed by atoms with E-state index in [1.54, 1.807) is 6.07 Å². The quantitative estimate of drug-likeness (QED) is 0.762. The lowest BCUT2D eigenvalue weighted by Gasteiger charge is -2.09. The summed E-state index contributed by atoms with van der Waals surface area (Å²) in [5.41, 5.74) is 4.04. The summed E-state index contributed by atoms with van der Waals surface area (Å²) in [7, 11) is 0. The number of hydrogen-bond donors (Lipinski definition) is 0. The van der Waals surface area contributed by atoms with Crippen LogP contribution in [0.2, 0.25) is 0 Å². The predicted molar refractivity (Wildman–Crippen MR) is 72.1 cm³/mol. The first-order chi connectivity index (χ1) is 8.70. The molecule has 0 N–H and O–H groups in total. The Morgan fingerprint density at radius 2 is 1.83 bits per heavy atom. The monoisotopic (exact) mass is 240 g/mol. The van der Waals surface area contributed by atoms with E-state index in [9.17, 15) is 4.79 Å². The van der Waals surface area contributed by atoms with E-state index >= 15 is 0 Å². The first-order valence-corrected chi connectivity index (χ1v) is 5.94. The predicted octanol–water partition coefficient (Wildman–Crippen LogP) is 3.69. The number of aryl methyl sites for hydroxylation is 2. The molecule has 2 heteroatoms. The summed E-state index contributed by atoms with van der Waals surface area (Å²) in [4.78, 5) is 10.7. The maximum absolute atomic E-state index is 10.7. The van der Waals surface area contributed by atoms with Crippen LogP contribution in [0.15, 0.2) is 42.5 Å². The molecule has 0 aliphatic carbocycles. The van der Waals surface area contributed by atoms with Crippen molar-refractivity contribution in [3.05, 3.63) is 64.7 Å². The van der Waals surface area contributed by atoms with Gasteiger partial charge in [-0.3, -0.25) is 4.79 Å². The maximum atomic E-state index is 10.7. The van der Waals surface area contributed by atoms with E-state index in [4.69, 9.17) is 4.74 Å². The van der Waals surface area contributed by atoms with Crippen LogP contribution in [0.4, 0.5) is 0 Å². The molecule has 0 unspecified atom stereocenters. The maximum Gasteiger partial charge on any atom is 0.150 e. The summed E-state index contributed by atoms with van der Waals surface area (Å²) in [5, 5.41) is 0. The van der Waals surface area contributed by atoms with Crippen LogP contribution in [0, 0.1) is 13.8 Å². The number of rotatable bonds is 4. The van der Waals surface area contributed by atoms with Gasteiger partial charge in [-0.15, -0.1) is 0 Å². The minimum Gasteiger partial charge on any atom is -0.489 e. The molecule has 2 aromatic rings. The molecule has 0 bridgehead atoms. The third-order valence-electron chi connectivity index (χ3n) is 3.02. The van der Waals surface area contributed by atoms with E-state index in [1.165, 1.54) is 11.1 Å². The number of carbonyl (C=O) groups is 1. The van der Waals surface area contributed by atoms with E-state index < -0.39 is 0 Å². The molecule has 0 saturated heterocycles. The van der Waals surface area contributed by atoms with Gasteiger partial charge in [0, 0.05) is 5.56 Å². The smallest absolute Gasteiger partial charge is 0.150 e. The molecule has 2 nitrogen and oxygen atoms in total. The summed E-state index contributed by atoms with van der Waals surface area (Å²) >= 11 is 0. The third-order valence-corrected chi connectivity index (χ3v) is 3.02. The molecule has 0 fully saturated rings. The molecular weight excluding hydrogens is 224 g/mol. The lowest BCUT2D eigenvalue weighted by molar-refractivity contribution is 0.112. The molecule has 92 valence electrons. The Morgan fingerprint density at radius 3 is 2.50 bits per heavy atom. The Morgan fingerprint density at radius 1 is 1.06 bits per heavy atom. The van der Waals surface area contributed by atoms with Gasteiger partial charge in [-0.25, -0.2) is 0 Å². The van der Waals surface area contributed by atoms with Crippen molar-refractivity contribution in [1.82, 2.24) is 0 Å². The van der Waals surface area contributed by atoms with Crippen molar-refractivity contribution in [2.75, 3.05) is 0 Å². The molecule has 0 amide bonds. The summed E-state index contributed by atoms with van der Waals surface area (Å²) < 4.78 is 5.74. The normalized spacial score (nSPS) is 10.1.